The fraction of sp³-hybridized carbons (Fsp3) is 1.00. The standard InChI is InChI=1S/C3H7N2O6/c1-3(10-4(6)7)11-5(8)9-2/h3H,1-2H3/q+1. The van der Waals surface area contributed by atoms with Crippen LogP contribution >= 0.6 is 0 Å². The zero-order valence-electron chi connectivity index (χ0n) is 5.92. The highest BCUT2D eigenvalue weighted by Crippen LogP contribution is 1.93. The lowest BCUT2D eigenvalue weighted by atomic mass is 10.8. The van der Waals surface area contributed by atoms with E-state index >= 15 is 0 Å². The first kappa shape index (κ1) is 9.40. The van der Waals surface area contributed by atoms with Gasteiger partial charge in [-0.1, -0.05) is 0 Å². The SMILES string of the molecule is CO[N+](=O)OC(C)O[N+](=O)[O-]. The molecule has 0 heterocycles. The van der Waals surface area contributed by atoms with Crippen LogP contribution in [0.3, 0.4) is 0 Å². The van der Waals surface area contributed by atoms with Crippen molar-refractivity contribution in [2.75, 3.05) is 7.11 Å². The largest absolute Gasteiger partial charge is 0.479 e. The maximum absolute atomic E-state index is 10.2. The molecule has 0 amide bonds. The van der Waals surface area contributed by atoms with Crippen molar-refractivity contribution in [2.24, 2.45) is 0 Å². The van der Waals surface area contributed by atoms with Gasteiger partial charge in [0.1, 0.15) is 4.91 Å². The summed E-state index contributed by atoms with van der Waals surface area (Å²) in [6, 6.07) is 0. The van der Waals surface area contributed by atoms with Crippen molar-refractivity contribution in [1.82, 2.24) is 0 Å². The van der Waals surface area contributed by atoms with Gasteiger partial charge in [-0.15, -0.1) is 10.1 Å². The minimum Gasteiger partial charge on any atom is -0.262 e. The Balaban J connectivity index is 3.60. The smallest absolute Gasteiger partial charge is 0.262 e. The van der Waals surface area contributed by atoms with Crippen molar-refractivity contribution in [1.29, 1.82) is 0 Å². The van der Waals surface area contributed by atoms with Gasteiger partial charge in [0.05, 0.1) is 0 Å². The van der Waals surface area contributed by atoms with Crippen molar-refractivity contribution in [3.63, 3.8) is 0 Å². The van der Waals surface area contributed by atoms with Crippen LogP contribution in [0.25, 0.3) is 0 Å². The van der Waals surface area contributed by atoms with E-state index < -0.39 is 11.4 Å². The van der Waals surface area contributed by atoms with E-state index in [0.717, 1.165) is 7.11 Å². The summed E-state index contributed by atoms with van der Waals surface area (Å²) in [4.78, 5) is 31.7. The van der Waals surface area contributed by atoms with Crippen LogP contribution in [0.4, 0.5) is 0 Å². The van der Waals surface area contributed by atoms with E-state index in [1.54, 1.807) is 0 Å². The van der Waals surface area contributed by atoms with Crippen LogP contribution in [-0.2, 0) is 14.5 Å². The molecule has 0 spiro atoms. The average Bonchev–Trinajstić information content (AvgIpc) is 1.85. The third-order valence-electron chi connectivity index (χ3n) is 0.618. The highest BCUT2D eigenvalue weighted by molar-refractivity contribution is 4.13. The van der Waals surface area contributed by atoms with Crippen molar-refractivity contribution < 1.29 is 24.7 Å². The highest BCUT2D eigenvalue weighted by Gasteiger charge is 2.19. The monoisotopic (exact) mass is 167 g/mol. The van der Waals surface area contributed by atoms with Crippen molar-refractivity contribution in [2.45, 2.75) is 13.2 Å². The second-order valence-corrected chi connectivity index (χ2v) is 1.41. The highest BCUT2D eigenvalue weighted by atomic mass is 17.1. The third-order valence-corrected chi connectivity index (χ3v) is 0.618. The molecule has 0 fully saturated rings. The lowest BCUT2D eigenvalue weighted by Gasteiger charge is -1.99. The van der Waals surface area contributed by atoms with Gasteiger partial charge in [-0.25, -0.2) is 0 Å². The maximum atomic E-state index is 10.2. The van der Waals surface area contributed by atoms with Crippen LogP contribution in [-0.4, -0.2) is 23.6 Å². The molecule has 11 heavy (non-hydrogen) atoms. The lowest BCUT2D eigenvalue weighted by Crippen LogP contribution is -2.22. The quantitative estimate of drug-likeness (QED) is 0.320. The topological polar surface area (TPSA) is 90.9 Å². The molecule has 1 unspecified atom stereocenters. The molecule has 64 valence electrons. The summed E-state index contributed by atoms with van der Waals surface area (Å²) < 4.78 is 0. The van der Waals surface area contributed by atoms with E-state index in [0.29, 0.717) is 0 Å². The van der Waals surface area contributed by atoms with E-state index in [2.05, 4.69) is 14.5 Å². The van der Waals surface area contributed by atoms with E-state index in [-0.39, 0.29) is 5.09 Å². The fourth-order valence-corrected chi connectivity index (χ4v) is 0.305. The molecule has 0 radical (unpaired) electrons. The summed E-state index contributed by atoms with van der Waals surface area (Å²) in [7, 11) is 1.05. The van der Waals surface area contributed by atoms with E-state index in [1.165, 1.54) is 6.92 Å². The molecule has 0 bridgehead atoms. The molecule has 0 rings (SSSR count). The molecule has 0 aliphatic carbocycles. The Hall–Kier alpha value is -1.60. The molecule has 1 atom stereocenters. The van der Waals surface area contributed by atoms with E-state index in [9.17, 15) is 15.0 Å². The Kier molecular flexibility index (Phi) is 3.63. The maximum Gasteiger partial charge on any atom is 0.479 e. The minimum absolute atomic E-state index is 0.297. The van der Waals surface area contributed by atoms with Gasteiger partial charge >= 0.3 is 11.4 Å². The summed E-state index contributed by atoms with van der Waals surface area (Å²) in [6.07, 6.45) is -1.29. The molecule has 8 heteroatoms. The van der Waals surface area contributed by atoms with Gasteiger partial charge < -0.3 is 0 Å². The number of hydrogen-bond donors (Lipinski definition) is 0. The molecule has 0 aromatic carbocycles. The molecular weight excluding hydrogens is 160 g/mol. The van der Waals surface area contributed by atoms with Gasteiger partial charge in [0, 0.05) is 6.92 Å². The van der Waals surface area contributed by atoms with Crippen LogP contribution in [0.1, 0.15) is 6.92 Å². The number of rotatable bonds is 5. The lowest BCUT2D eigenvalue weighted by molar-refractivity contribution is -1.000. The second-order valence-electron chi connectivity index (χ2n) is 1.41. The van der Waals surface area contributed by atoms with E-state index in [1.807, 2.05) is 0 Å². The zero-order chi connectivity index (χ0) is 8.85. The minimum atomic E-state index is -1.29. The van der Waals surface area contributed by atoms with E-state index in [4.69, 9.17) is 0 Å². The molecule has 0 saturated heterocycles. The summed E-state index contributed by atoms with van der Waals surface area (Å²) >= 11 is 0. The first-order chi connectivity index (χ1) is 5.06. The van der Waals surface area contributed by atoms with Crippen LogP contribution in [0.2, 0.25) is 0 Å². The summed E-state index contributed by atoms with van der Waals surface area (Å²) in [5.74, 6) is 0. The van der Waals surface area contributed by atoms with Crippen molar-refractivity contribution in [3.8, 4) is 0 Å². The number of hydrogen-bond acceptors (Lipinski definition) is 6. The van der Waals surface area contributed by atoms with Crippen LogP contribution < -0.4 is 0 Å². The van der Waals surface area contributed by atoms with Crippen LogP contribution in [0.15, 0.2) is 0 Å². The molecule has 0 aliphatic rings. The summed E-state index contributed by atoms with van der Waals surface area (Å²) in [5.41, 5.74) is 0. The third kappa shape index (κ3) is 4.88. The summed E-state index contributed by atoms with van der Waals surface area (Å²) in [5, 5.41) is 8.25. The zero-order valence-corrected chi connectivity index (χ0v) is 5.92. The second kappa shape index (κ2) is 4.25. The first-order valence-electron chi connectivity index (χ1n) is 2.55. The van der Waals surface area contributed by atoms with Gasteiger partial charge in [-0.3, -0.25) is 4.84 Å². The Morgan fingerprint density at radius 1 is 1.36 bits per heavy atom. The molecule has 0 N–H and O–H groups in total. The average molecular weight is 167 g/mol. The predicted octanol–water partition coefficient (Wildman–Crippen LogP) is -0.187. The van der Waals surface area contributed by atoms with Gasteiger partial charge in [-0.05, 0) is 0 Å². The van der Waals surface area contributed by atoms with Crippen molar-refractivity contribution in [3.05, 3.63) is 15.0 Å². The summed E-state index contributed by atoms with van der Waals surface area (Å²) in [6.45, 7) is 1.17. The molecule has 8 nitrogen and oxygen atoms in total. The van der Waals surface area contributed by atoms with Gasteiger partial charge in [0.15, 0.2) is 7.11 Å². The predicted molar refractivity (Wildman–Crippen MR) is 29.3 cm³/mol. The first-order valence-corrected chi connectivity index (χ1v) is 2.55. The van der Waals surface area contributed by atoms with Crippen LogP contribution in [0.5, 0.6) is 0 Å². The Labute approximate surface area is 61.2 Å². The normalized spacial score (nSPS) is 11.5. The Morgan fingerprint density at radius 2 is 1.91 bits per heavy atom. The van der Waals surface area contributed by atoms with Gasteiger partial charge in [0.25, 0.3) is 5.09 Å². The molecule has 0 aromatic rings. The molecule has 0 aromatic heterocycles. The molecule has 0 aliphatic heterocycles. The fourth-order valence-electron chi connectivity index (χ4n) is 0.305. The van der Waals surface area contributed by atoms with Crippen molar-refractivity contribution >= 4 is 0 Å². The van der Waals surface area contributed by atoms with Gasteiger partial charge in [0.2, 0.25) is 0 Å². The molecular formula is C3H7N2O6+. The number of nitrogens with zero attached hydrogens (tertiary/aromatic N) is 2. The Morgan fingerprint density at radius 3 is 2.27 bits per heavy atom. The van der Waals surface area contributed by atoms with Crippen LogP contribution in [0, 0.1) is 15.0 Å². The Bertz CT molecular complexity index is 158. The van der Waals surface area contributed by atoms with Gasteiger partial charge in [-0.2, -0.15) is 9.68 Å². The molecule has 0 saturated carbocycles.